The Bertz CT molecular complexity index is 621. The topological polar surface area (TPSA) is 81.9 Å². The minimum Gasteiger partial charge on any atom is -0.493 e. The van der Waals surface area contributed by atoms with Gasteiger partial charge < -0.3 is 15.2 Å². The van der Waals surface area contributed by atoms with Crippen molar-refractivity contribution in [2.75, 3.05) is 27.3 Å². The average molecular weight is 379 g/mol. The van der Waals surface area contributed by atoms with Gasteiger partial charge in [0.05, 0.1) is 14.2 Å². The van der Waals surface area contributed by atoms with E-state index in [0.717, 1.165) is 12.8 Å². The summed E-state index contributed by atoms with van der Waals surface area (Å²) in [6.07, 6.45) is 1.62. The van der Waals surface area contributed by atoms with Gasteiger partial charge >= 0.3 is 0 Å². The van der Waals surface area contributed by atoms with Crippen LogP contribution in [-0.2, 0) is 10.0 Å². The first-order valence-corrected chi connectivity index (χ1v) is 8.80. The summed E-state index contributed by atoms with van der Waals surface area (Å²) in [5.41, 5.74) is 5.88. The predicted octanol–water partition coefficient (Wildman–Crippen LogP) is 1.58. The van der Waals surface area contributed by atoms with Crippen LogP contribution in [0.1, 0.15) is 12.8 Å². The van der Waals surface area contributed by atoms with Crippen molar-refractivity contribution in [1.82, 2.24) is 4.31 Å². The summed E-state index contributed by atoms with van der Waals surface area (Å²) in [6, 6.07) is 2.95. The monoisotopic (exact) mass is 378 g/mol. The van der Waals surface area contributed by atoms with Gasteiger partial charge in [-0.1, -0.05) is 0 Å². The SMILES string of the molecule is COc1cc(Br)c(S(=O)(=O)N2CCC[C@H](N)C2)cc1OC. The summed E-state index contributed by atoms with van der Waals surface area (Å²) in [7, 11) is -0.639. The Morgan fingerprint density at radius 2 is 1.90 bits per heavy atom. The standard InChI is InChI=1S/C13H19BrN2O4S/c1-19-11-6-10(14)13(7-12(11)20-2)21(17,18)16-5-3-4-9(15)8-16/h6-7,9H,3-5,8,15H2,1-2H3/t9-/m0/s1. The fourth-order valence-corrected chi connectivity index (χ4v) is 4.90. The zero-order valence-corrected chi connectivity index (χ0v) is 14.4. The number of nitrogens with two attached hydrogens (primary N) is 1. The van der Waals surface area contributed by atoms with E-state index in [-0.39, 0.29) is 10.9 Å². The van der Waals surface area contributed by atoms with Crippen molar-refractivity contribution in [1.29, 1.82) is 0 Å². The Hall–Kier alpha value is -0.830. The van der Waals surface area contributed by atoms with Gasteiger partial charge in [-0.3, -0.25) is 0 Å². The molecule has 1 atom stereocenters. The number of hydrogen-bond acceptors (Lipinski definition) is 5. The number of sulfonamides is 1. The molecule has 1 fully saturated rings. The smallest absolute Gasteiger partial charge is 0.244 e. The number of hydrogen-bond donors (Lipinski definition) is 1. The molecular weight excluding hydrogens is 360 g/mol. The van der Waals surface area contributed by atoms with Crippen LogP contribution in [0.15, 0.2) is 21.5 Å². The fourth-order valence-electron chi connectivity index (χ4n) is 2.36. The zero-order chi connectivity index (χ0) is 15.6. The van der Waals surface area contributed by atoms with Crippen LogP contribution in [0.25, 0.3) is 0 Å². The second kappa shape index (κ2) is 6.51. The molecule has 0 spiro atoms. The number of methoxy groups -OCH3 is 2. The van der Waals surface area contributed by atoms with E-state index in [0.29, 0.717) is 29.1 Å². The summed E-state index contributed by atoms with van der Waals surface area (Å²) in [6.45, 7) is 0.819. The third-order valence-corrected chi connectivity index (χ3v) is 6.30. The Balaban J connectivity index is 2.44. The van der Waals surface area contributed by atoms with E-state index >= 15 is 0 Å². The Kier molecular flexibility index (Phi) is 5.13. The first-order valence-electron chi connectivity index (χ1n) is 6.57. The number of benzene rings is 1. The number of nitrogens with zero attached hydrogens (tertiary/aromatic N) is 1. The molecule has 1 aliphatic heterocycles. The van der Waals surface area contributed by atoms with Crippen molar-refractivity contribution < 1.29 is 17.9 Å². The van der Waals surface area contributed by atoms with Crippen molar-refractivity contribution in [3.05, 3.63) is 16.6 Å². The van der Waals surface area contributed by atoms with Gasteiger partial charge in [0.15, 0.2) is 11.5 Å². The Labute approximate surface area is 133 Å². The first-order chi connectivity index (χ1) is 9.90. The summed E-state index contributed by atoms with van der Waals surface area (Å²) >= 11 is 3.30. The lowest BCUT2D eigenvalue weighted by atomic mass is 10.1. The van der Waals surface area contributed by atoms with Gasteiger partial charge in [0.1, 0.15) is 4.90 Å². The first kappa shape index (κ1) is 16.5. The van der Waals surface area contributed by atoms with Crippen LogP contribution in [0.3, 0.4) is 0 Å². The summed E-state index contributed by atoms with van der Waals surface area (Å²) in [5.74, 6) is 0.847. The number of piperidine rings is 1. The fraction of sp³-hybridized carbons (Fsp3) is 0.538. The van der Waals surface area contributed by atoms with Gasteiger partial charge in [-0.05, 0) is 34.8 Å². The quantitative estimate of drug-likeness (QED) is 0.859. The molecule has 1 saturated heterocycles. The second-order valence-corrected chi connectivity index (χ2v) is 7.66. The molecule has 1 heterocycles. The van der Waals surface area contributed by atoms with Crippen molar-refractivity contribution >= 4 is 26.0 Å². The van der Waals surface area contributed by atoms with Crippen LogP contribution in [0.5, 0.6) is 11.5 Å². The van der Waals surface area contributed by atoms with E-state index < -0.39 is 10.0 Å². The minimum atomic E-state index is -3.61. The van der Waals surface area contributed by atoms with Crippen molar-refractivity contribution in [2.45, 2.75) is 23.8 Å². The highest BCUT2D eigenvalue weighted by Gasteiger charge is 2.31. The molecule has 0 amide bonds. The molecule has 21 heavy (non-hydrogen) atoms. The van der Waals surface area contributed by atoms with E-state index in [9.17, 15) is 8.42 Å². The molecular formula is C13H19BrN2O4S. The molecule has 0 saturated carbocycles. The van der Waals surface area contributed by atoms with Crippen LogP contribution < -0.4 is 15.2 Å². The molecule has 0 aliphatic carbocycles. The Morgan fingerprint density at radius 3 is 2.48 bits per heavy atom. The summed E-state index contributed by atoms with van der Waals surface area (Å²) in [4.78, 5) is 0.161. The molecule has 0 aromatic heterocycles. The molecule has 8 heteroatoms. The number of halogens is 1. The van der Waals surface area contributed by atoms with E-state index in [1.807, 2.05) is 0 Å². The molecule has 1 aliphatic rings. The lowest BCUT2D eigenvalue weighted by Gasteiger charge is -2.30. The molecule has 6 nitrogen and oxygen atoms in total. The third kappa shape index (κ3) is 3.33. The maximum atomic E-state index is 12.8. The van der Waals surface area contributed by atoms with Crippen LogP contribution in [-0.4, -0.2) is 46.1 Å². The van der Waals surface area contributed by atoms with Gasteiger partial charge in [0.2, 0.25) is 10.0 Å². The van der Waals surface area contributed by atoms with Crippen molar-refractivity contribution in [3.63, 3.8) is 0 Å². The summed E-state index contributed by atoms with van der Waals surface area (Å²) in [5, 5.41) is 0. The molecule has 0 bridgehead atoms. The van der Waals surface area contributed by atoms with Gasteiger partial charge in [-0.15, -0.1) is 0 Å². The van der Waals surface area contributed by atoms with E-state index in [4.69, 9.17) is 15.2 Å². The molecule has 2 rings (SSSR count). The highest BCUT2D eigenvalue weighted by atomic mass is 79.9. The van der Waals surface area contributed by atoms with Gasteiger partial charge in [-0.2, -0.15) is 4.31 Å². The highest BCUT2D eigenvalue weighted by Crippen LogP contribution is 2.37. The Morgan fingerprint density at radius 1 is 1.29 bits per heavy atom. The maximum absolute atomic E-state index is 12.8. The maximum Gasteiger partial charge on any atom is 0.244 e. The molecule has 1 aromatic carbocycles. The lowest BCUT2D eigenvalue weighted by Crippen LogP contribution is -2.45. The summed E-state index contributed by atoms with van der Waals surface area (Å²) < 4.78 is 37.7. The molecule has 118 valence electrons. The van der Waals surface area contributed by atoms with Crippen molar-refractivity contribution in [2.24, 2.45) is 5.73 Å². The van der Waals surface area contributed by atoms with Crippen LogP contribution in [0, 0.1) is 0 Å². The van der Waals surface area contributed by atoms with Crippen LogP contribution in [0.2, 0.25) is 0 Å². The normalized spacial score (nSPS) is 20.3. The average Bonchev–Trinajstić information content (AvgIpc) is 2.46. The predicted molar refractivity (Wildman–Crippen MR) is 83.2 cm³/mol. The van der Waals surface area contributed by atoms with E-state index in [1.165, 1.54) is 24.6 Å². The van der Waals surface area contributed by atoms with Crippen LogP contribution in [0.4, 0.5) is 0 Å². The van der Waals surface area contributed by atoms with Gasteiger partial charge in [-0.25, -0.2) is 8.42 Å². The second-order valence-electron chi connectivity index (χ2n) is 4.90. The largest absolute Gasteiger partial charge is 0.493 e. The molecule has 0 radical (unpaired) electrons. The third-order valence-electron chi connectivity index (χ3n) is 3.48. The highest BCUT2D eigenvalue weighted by molar-refractivity contribution is 9.10. The minimum absolute atomic E-state index is 0.118. The molecule has 2 N–H and O–H groups in total. The number of ether oxygens (including phenoxy) is 2. The zero-order valence-electron chi connectivity index (χ0n) is 12.0. The molecule has 0 unspecified atom stereocenters. The van der Waals surface area contributed by atoms with Gasteiger partial charge in [0.25, 0.3) is 0 Å². The number of rotatable bonds is 4. The van der Waals surface area contributed by atoms with E-state index in [2.05, 4.69) is 15.9 Å². The lowest BCUT2D eigenvalue weighted by molar-refractivity contribution is 0.315. The van der Waals surface area contributed by atoms with Crippen molar-refractivity contribution in [3.8, 4) is 11.5 Å². The van der Waals surface area contributed by atoms with E-state index in [1.54, 1.807) is 6.07 Å². The van der Waals surface area contributed by atoms with Crippen LogP contribution >= 0.6 is 15.9 Å². The van der Waals surface area contributed by atoms with Gasteiger partial charge in [0, 0.05) is 29.7 Å². The molecule has 1 aromatic rings.